The number of benzene rings is 1. The molecule has 0 aliphatic heterocycles. The summed E-state index contributed by atoms with van der Waals surface area (Å²) in [5, 5.41) is 2.87. The van der Waals surface area contributed by atoms with Crippen molar-refractivity contribution in [2.45, 2.75) is 39.3 Å². The largest absolute Gasteiger partial charge is 0.420 e. The second-order valence-corrected chi connectivity index (χ2v) is 4.68. The molecule has 1 amide bonds. The minimum Gasteiger partial charge on any atom is -0.408 e. The number of oxazole rings is 1. The molecule has 5 nitrogen and oxygen atoms in total. The summed E-state index contributed by atoms with van der Waals surface area (Å²) in [7, 11) is 0. The number of fused-ring (bicyclic) bond motifs is 1. The van der Waals surface area contributed by atoms with Gasteiger partial charge in [0.2, 0.25) is 5.91 Å². The van der Waals surface area contributed by atoms with Crippen molar-refractivity contribution in [3.05, 3.63) is 34.8 Å². The van der Waals surface area contributed by atoms with Crippen LogP contribution in [0.25, 0.3) is 11.1 Å². The molecule has 0 unspecified atom stereocenters. The second-order valence-electron chi connectivity index (χ2n) is 4.68. The van der Waals surface area contributed by atoms with Gasteiger partial charge in [0, 0.05) is 6.04 Å². The average Bonchev–Trinajstić information content (AvgIpc) is 2.66. The second kappa shape index (κ2) is 5.73. The van der Waals surface area contributed by atoms with Gasteiger partial charge in [0.1, 0.15) is 6.54 Å². The third kappa shape index (κ3) is 3.05. The lowest BCUT2D eigenvalue weighted by Gasteiger charge is -2.12. The molecule has 2 aromatic rings. The maximum atomic E-state index is 11.9. The zero-order chi connectivity index (χ0) is 13.8. The van der Waals surface area contributed by atoms with Crippen LogP contribution in [0.4, 0.5) is 0 Å². The van der Waals surface area contributed by atoms with Crippen LogP contribution in [0, 0.1) is 0 Å². The first-order chi connectivity index (χ1) is 9.11. The van der Waals surface area contributed by atoms with Crippen LogP contribution in [0.2, 0.25) is 0 Å². The molecule has 1 N–H and O–H groups in total. The predicted octanol–water partition coefficient (Wildman–Crippen LogP) is 1.90. The summed E-state index contributed by atoms with van der Waals surface area (Å²) in [6, 6.07) is 7.20. The van der Waals surface area contributed by atoms with Crippen LogP contribution in [0.3, 0.4) is 0 Å². The molecule has 102 valence electrons. The van der Waals surface area contributed by atoms with Gasteiger partial charge in [0.15, 0.2) is 5.58 Å². The van der Waals surface area contributed by atoms with Gasteiger partial charge in [0.25, 0.3) is 0 Å². The smallest absolute Gasteiger partial charge is 0.408 e. The summed E-state index contributed by atoms with van der Waals surface area (Å²) in [4.78, 5) is 23.6. The zero-order valence-electron chi connectivity index (χ0n) is 11.2. The standard InChI is InChI=1S/C14H18N2O3/c1-3-6-10(2)15-13(17)9-16-11-7-4-5-8-12(11)19-14(16)18/h4-5,7-8,10H,3,6,9H2,1-2H3,(H,15,17)/t10-/m0/s1. The normalized spacial score (nSPS) is 12.5. The van der Waals surface area contributed by atoms with Crippen molar-refractivity contribution in [3.63, 3.8) is 0 Å². The highest BCUT2D eigenvalue weighted by molar-refractivity contribution is 5.79. The van der Waals surface area contributed by atoms with Crippen molar-refractivity contribution in [2.75, 3.05) is 0 Å². The van der Waals surface area contributed by atoms with Crippen LogP contribution >= 0.6 is 0 Å². The third-order valence-electron chi connectivity index (χ3n) is 3.00. The molecule has 5 heteroatoms. The Kier molecular flexibility index (Phi) is 4.04. The van der Waals surface area contributed by atoms with Crippen LogP contribution in [0.5, 0.6) is 0 Å². The maximum Gasteiger partial charge on any atom is 0.420 e. The lowest BCUT2D eigenvalue weighted by molar-refractivity contribution is -0.122. The van der Waals surface area contributed by atoms with Gasteiger partial charge in [-0.1, -0.05) is 25.5 Å². The van der Waals surface area contributed by atoms with Gasteiger partial charge in [-0.15, -0.1) is 0 Å². The van der Waals surface area contributed by atoms with E-state index < -0.39 is 5.76 Å². The molecule has 0 bridgehead atoms. The van der Waals surface area contributed by atoms with Crippen LogP contribution < -0.4 is 11.1 Å². The Hall–Kier alpha value is -2.04. The molecule has 0 radical (unpaired) electrons. The van der Waals surface area contributed by atoms with Crippen molar-refractivity contribution in [1.82, 2.24) is 9.88 Å². The Bertz CT molecular complexity index is 627. The highest BCUT2D eigenvalue weighted by Crippen LogP contribution is 2.11. The highest BCUT2D eigenvalue weighted by Gasteiger charge is 2.13. The molecule has 1 heterocycles. The molecule has 0 spiro atoms. The summed E-state index contributed by atoms with van der Waals surface area (Å²) >= 11 is 0. The van der Waals surface area contributed by atoms with Crippen LogP contribution in [-0.2, 0) is 11.3 Å². The SMILES string of the molecule is CCC[C@H](C)NC(=O)Cn1c(=O)oc2ccccc21. The van der Waals surface area contributed by atoms with Gasteiger partial charge in [-0.2, -0.15) is 0 Å². The number of amides is 1. The molecule has 1 aromatic carbocycles. The zero-order valence-corrected chi connectivity index (χ0v) is 11.2. The Balaban J connectivity index is 2.15. The molecule has 19 heavy (non-hydrogen) atoms. The number of para-hydroxylation sites is 2. The number of aromatic nitrogens is 1. The maximum absolute atomic E-state index is 11.9. The molecule has 1 atom stereocenters. The van der Waals surface area contributed by atoms with E-state index in [0.29, 0.717) is 11.1 Å². The van der Waals surface area contributed by atoms with Gasteiger partial charge < -0.3 is 9.73 Å². The van der Waals surface area contributed by atoms with Crippen LogP contribution in [0.15, 0.2) is 33.5 Å². The molecule has 0 aliphatic carbocycles. The van der Waals surface area contributed by atoms with E-state index >= 15 is 0 Å². The van der Waals surface area contributed by atoms with Crippen molar-refractivity contribution in [1.29, 1.82) is 0 Å². The van der Waals surface area contributed by atoms with Crippen LogP contribution in [0.1, 0.15) is 26.7 Å². The average molecular weight is 262 g/mol. The summed E-state index contributed by atoms with van der Waals surface area (Å²) in [6.45, 7) is 4.01. The first kappa shape index (κ1) is 13.4. The van der Waals surface area contributed by atoms with Gasteiger partial charge in [-0.25, -0.2) is 4.79 Å². The lowest BCUT2D eigenvalue weighted by Crippen LogP contribution is -2.36. The third-order valence-corrected chi connectivity index (χ3v) is 3.00. The van der Waals surface area contributed by atoms with Crippen molar-refractivity contribution in [2.24, 2.45) is 0 Å². The highest BCUT2D eigenvalue weighted by atomic mass is 16.4. The van der Waals surface area contributed by atoms with Crippen LogP contribution in [-0.4, -0.2) is 16.5 Å². The molecular formula is C14H18N2O3. The van der Waals surface area contributed by atoms with Crippen molar-refractivity contribution >= 4 is 17.0 Å². The van der Waals surface area contributed by atoms with E-state index in [9.17, 15) is 9.59 Å². The fourth-order valence-corrected chi connectivity index (χ4v) is 2.13. The monoisotopic (exact) mass is 262 g/mol. The van der Waals surface area contributed by atoms with E-state index in [4.69, 9.17) is 4.42 Å². The number of rotatable bonds is 5. The number of carbonyl (C=O) groups excluding carboxylic acids is 1. The number of carbonyl (C=O) groups is 1. The Morgan fingerprint density at radius 3 is 2.89 bits per heavy atom. The van der Waals surface area contributed by atoms with E-state index in [-0.39, 0.29) is 18.5 Å². The quantitative estimate of drug-likeness (QED) is 0.895. The lowest BCUT2D eigenvalue weighted by atomic mass is 10.2. The van der Waals surface area contributed by atoms with Gasteiger partial charge in [-0.3, -0.25) is 9.36 Å². The van der Waals surface area contributed by atoms with Crippen molar-refractivity contribution < 1.29 is 9.21 Å². The van der Waals surface area contributed by atoms with Crippen molar-refractivity contribution in [3.8, 4) is 0 Å². The molecule has 0 saturated carbocycles. The Morgan fingerprint density at radius 2 is 2.16 bits per heavy atom. The van der Waals surface area contributed by atoms with Gasteiger partial charge in [0.05, 0.1) is 5.52 Å². The molecular weight excluding hydrogens is 244 g/mol. The van der Waals surface area contributed by atoms with E-state index in [1.165, 1.54) is 4.57 Å². The minimum absolute atomic E-state index is 0.0100. The number of nitrogens with one attached hydrogen (secondary N) is 1. The van der Waals surface area contributed by atoms with Gasteiger partial charge >= 0.3 is 5.76 Å². The molecule has 0 fully saturated rings. The number of nitrogens with zero attached hydrogens (tertiary/aromatic N) is 1. The van der Waals surface area contributed by atoms with E-state index in [1.54, 1.807) is 18.2 Å². The Labute approximate surface area is 111 Å². The molecule has 2 rings (SSSR count). The summed E-state index contributed by atoms with van der Waals surface area (Å²) in [6.07, 6.45) is 1.93. The number of hydrogen-bond donors (Lipinski definition) is 1. The first-order valence-corrected chi connectivity index (χ1v) is 6.49. The summed E-state index contributed by atoms with van der Waals surface area (Å²) < 4.78 is 6.43. The topological polar surface area (TPSA) is 64.2 Å². The first-order valence-electron chi connectivity index (χ1n) is 6.49. The molecule has 0 saturated heterocycles. The Morgan fingerprint density at radius 1 is 1.42 bits per heavy atom. The fourth-order valence-electron chi connectivity index (χ4n) is 2.13. The van der Waals surface area contributed by atoms with E-state index in [1.807, 2.05) is 13.0 Å². The van der Waals surface area contributed by atoms with E-state index in [0.717, 1.165) is 12.8 Å². The van der Waals surface area contributed by atoms with E-state index in [2.05, 4.69) is 12.2 Å². The summed E-state index contributed by atoms with van der Waals surface area (Å²) in [5.41, 5.74) is 1.15. The fraction of sp³-hybridized carbons (Fsp3) is 0.429. The van der Waals surface area contributed by atoms with Gasteiger partial charge in [-0.05, 0) is 25.5 Å². The number of hydrogen-bond acceptors (Lipinski definition) is 3. The summed E-state index contributed by atoms with van der Waals surface area (Å²) in [5.74, 6) is -0.672. The minimum atomic E-state index is -0.500. The molecule has 1 aromatic heterocycles. The predicted molar refractivity (Wildman–Crippen MR) is 73.0 cm³/mol. The molecule has 0 aliphatic rings.